The lowest BCUT2D eigenvalue weighted by atomic mass is 10.0. The predicted molar refractivity (Wildman–Crippen MR) is 113 cm³/mol. The summed E-state index contributed by atoms with van der Waals surface area (Å²) in [6.45, 7) is 1.69. The fourth-order valence-electron chi connectivity index (χ4n) is 3.42. The molecular formula is C23H15F2N5O2. The third kappa shape index (κ3) is 3.49. The van der Waals surface area contributed by atoms with E-state index in [0.29, 0.717) is 22.3 Å². The number of aromatic nitrogens is 4. The number of amides is 1. The molecule has 158 valence electrons. The van der Waals surface area contributed by atoms with Crippen LogP contribution in [0.3, 0.4) is 0 Å². The van der Waals surface area contributed by atoms with Gasteiger partial charge in [0, 0.05) is 23.6 Å². The number of pyridine rings is 1. The predicted octanol–water partition coefficient (Wildman–Crippen LogP) is 4.91. The first-order chi connectivity index (χ1) is 15.5. The van der Waals surface area contributed by atoms with Crippen LogP contribution in [0.5, 0.6) is 0 Å². The summed E-state index contributed by atoms with van der Waals surface area (Å²) in [5.41, 5.74) is 2.46. The minimum absolute atomic E-state index is 0.176. The maximum atomic E-state index is 14.6. The highest BCUT2D eigenvalue weighted by atomic mass is 19.1. The number of nitrogens with one attached hydrogen (secondary N) is 1. The molecule has 7 nitrogen and oxygen atoms in total. The fourth-order valence-corrected chi connectivity index (χ4v) is 3.42. The topological polar surface area (TPSA) is 85.8 Å². The summed E-state index contributed by atoms with van der Waals surface area (Å²) in [6, 6.07) is 13.3. The van der Waals surface area contributed by atoms with E-state index in [2.05, 4.69) is 20.6 Å². The number of fused-ring (bicyclic) bond motifs is 1. The maximum absolute atomic E-state index is 14.6. The Labute approximate surface area is 180 Å². The molecule has 5 aromatic rings. The number of hydrogen-bond donors (Lipinski definition) is 1. The average Bonchev–Trinajstić information content (AvgIpc) is 3.44. The van der Waals surface area contributed by atoms with Gasteiger partial charge in [-0.2, -0.15) is 5.10 Å². The molecule has 0 fully saturated rings. The van der Waals surface area contributed by atoms with Gasteiger partial charge in [0.1, 0.15) is 11.5 Å². The lowest BCUT2D eigenvalue weighted by molar-refractivity contribution is 0.102. The molecular weight excluding hydrogens is 416 g/mol. The molecule has 1 amide bonds. The van der Waals surface area contributed by atoms with Gasteiger partial charge in [-0.05, 0) is 61.5 Å². The Bertz CT molecular complexity index is 1440. The van der Waals surface area contributed by atoms with Crippen LogP contribution in [0.2, 0.25) is 0 Å². The van der Waals surface area contributed by atoms with Crippen molar-refractivity contribution in [3.8, 4) is 16.9 Å². The van der Waals surface area contributed by atoms with E-state index in [0.717, 1.165) is 0 Å². The van der Waals surface area contributed by atoms with Crippen LogP contribution in [0.4, 0.5) is 14.5 Å². The molecule has 5 rings (SSSR count). The highest BCUT2D eigenvalue weighted by molar-refractivity contribution is 6.13. The summed E-state index contributed by atoms with van der Waals surface area (Å²) in [5.74, 6) is -1.42. The Morgan fingerprint density at radius 1 is 1.09 bits per heavy atom. The number of benzene rings is 2. The van der Waals surface area contributed by atoms with E-state index in [1.165, 1.54) is 28.9 Å². The number of rotatable bonds is 4. The van der Waals surface area contributed by atoms with Gasteiger partial charge in [0.2, 0.25) is 0 Å². The summed E-state index contributed by atoms with van der Waals surface area (Å²) < 4.78 is 34.5. The van der Waals surface area contributed by atoms with E-state index in [4.69, 9.17) is 4.52 Å². The molecule has 2 aromatic carbocycles. The van der Waals surface area contributed by atoms with Gasteiger partial charge >= 0.3 is 0 Å². The summed E-state index contributed by atoms with van der Waals surface area (Å²) in [4.78, 5) is 17.5. The van der Waals surface area contributed by atoms with Gasteiger partial charge < -0.3 is 9.84 Å². The van der Waals surface area contributed by atoms with Crippen molar-refractivity contribution in [1.82, 2.24) is 19.9 Å². The third-order valence-electron chi connectivity index (χ3n) is 4.96. The number of anilines is 1. The zero-order chi connectivity index (χ0) is 22.2. The molecule has 1 N–H and O–H groups in total. The minimum atomic E-state index is -0.542. The Balaban J connectivity index is 1.52. The lowest BCUT2D eigenvalue weighted by Crippen LogP contribution is -2.13. The fraction of sp³-hybridized carbons (Fsp3) is 0.0435. The molecule has 3 heterocycles. The molecule has 0 radical (unpaired) electrons. The van der Waals surface area contributed by atoms with E-state index in [-0.39, 0.29) is 28.5 Å². The van der Waals surface area contributed by atoms with Gasteiger partial charge in [0.05, 0.1) is 22.3 Å². The lowest BCUT2D eigenvalue weighted by Gasteiger charge is -2.10. The van der Waals surface area contributed by atoms with Crippen molar-refractivity contribution in [2.45, 2.75) is 6.92 Å². The second-order valence-corrected chi connectivity index (χ2v) is 7.08. The molecule has 3 aromatic heterocycles. The number of aryl methyl sites for hydroxylation is 1. The normalized spacial score (nSPS) is 11.1. The molecule has 0 atom stereocenters. The van der Waals surface area contributed by atoms with Crippen molar-refractivity contribution in [3.63, 3.8) is 0 Å². The molecule has 9 heteroatoms. The molecule has 0 aliphatic rings. The van der Waals surface area contributed by atoms with Gasteiger partial charge in [-0.1, -0.05) is 5.16 Å². The van der Waals surface area contributed by atoms with E-state index in [1.807, 2.05) is 0 Å². The Morgan fingerprint density at radius 3 is 2.62 bits per heavy atom. The van der Waals surface area contributed by atoms with E-state index in [9.17, 15) is 13.6 Å². The highest BCUT2D eigenvalue weighted by Crippen LogP contribution is 2.28. The van der Waals surface area contributed by atoms with Crippen LogP contribution in [0.25, 0.3) is 28.0 Å². The molecule has 0 saturated heterocycles. The summed E-state index contributed by atoms with van der Waals surface area (Å²) in [7, 11) is 0. The van der Waals surface area contributed by atoms with Crippen LogP contribution in [0, 0.1) is 18.6 Å². The average molecular weight is 431 g/mol. The first kappa shape index (κ1) is 19.6. The largest absolute Gasteiger partial charge is 0.335 e. The van der Waals surface area contributed by atoms with Crippen molar-refractivity contribution in [2.75, 3.05) is 5.32 Å². The molecule has 0 spiro atoms. The Morgan fingerprint density at radius 2 is 1.91 bits per heavy atom. The maximum Gasteiger partial charge on any atom is 0.259 e. The third-order valence-corrected chi connectivity index (χ3v) is 4.96. The standard InChI is InChI=1S/C23H15F2N5O2/c1-13-21-17(12-19(28-23(21)32-29-13)14-3-5-15(24)6-4-14)22(31)27-16-7-8-20(18(25)11-16)30-10-2-9-26-30/h2-12H,1H3,(H,27,31). The van der Waals surface area contributed by atoms with Crippen molar-refractivity contribution >= 4 is 22.7 Å². The summed E-state index contributed by atoms with van der Waals surface area (Å²) in [5, 5.41) is 11.1. The number of hydrogen-bond acceptors (Lipinski definition) is 5. The van der Waals surface area contributed by atoms with Gasteiger partial charge in [-0.15, -0.1) is 0 Å². The smallest absolute Gasteiger partial charge is 0.259 e. The van der Waals surface area contributed by atoms with Crippen LogP contribution >= 0.6 is 0 Å². The highest BCUT2D eigenvalue weighted by Gasteiger charge is 2.20. The Hall–Kier alpha value is -4.40. The van der Waals surface area contributed by atoms with Crippen LogP contribution < -0.4 is 5.32 Å². The van der Waals surface area contributed by atoms with Crippen molar-refractivity contribution in [3.05, 3.63) is 89.9 Å². The van der Waals surface area contributed by atoms with E-state index < -0.39 is 11.7 Å². The molecule has 0 aliphatic carbocycles. The zero-order valence-electron chi connectivity index (χ0n) is 16.7. The number of carbonyl (C=O) groups is 1. The first-order valence-corrected chi connectivity index (χ1v) is 9.63. The monoisotopic (exact) mass is 431 g/mol. The Kier molecular flexibility index (Phi) is 4.70. The van der Waals surface area contributed by atoms with Crippen LogP contribution in [-0.4, -0.2) is 25.8 Å². The van der Waals surface area contributed by atoms with E-state index >= 15 is 0 Å². The SMILES string of the molecule is Cc1noc2nc(-c3ccc(F)cc3)cc(C(=O)Nc3ccc(-n4cccn4)c(F)c3)c12. The number of nitrogens with zero attached hydrogens (tertiary/aromatic N) is 4. The number of halogens is 2. The molecule has 0 saturated carbocycles. The van der Waals surface area contributed by atoms with Gasteiger partial charge in [-0.3, -0.25) is 4.79 Å². The second-order valence-electron chi connectivity index (χ2n) is 7.08. The zero-order valence-corrected chi connectivity index (χ0v) is 16.7. The van der Waals surface area contributed by atoms with Crippen LogP contribution in [-0.2, 0) is 0 Å². The van der Waals surface area contributed by atoms with E-state index in [1.54, 1.807) is 49.6 Å². The quantitative estimate of drug-likeness (QED) is 0.437. The van der Waals surface area contributed by atoms with Crippen molar-refractivity contribution < 1.29 is 18.1 Å². The van der Waals surface area contributed by atoms with Crippen LogP contribution in [0.15, 0.2) is 71.5 Å². The molecule has 0 aliphatic heterocycles. The minimum Gasteiger partial charge on any atom is -0.335 e. The van der Waals surface area contributed by atoms with Crippen molar-refractivity contribution in [1.29, 1.82) is 0 Å². The second kappa shape index (κ2) is 7.69. The van der Waals surface area contributed by atoms with Crippen LogP contribution in [0.1, 0.15) is 16.1 Å². The van der Waals surface area contributed by atoms with Gasteiger partial charge in [0.25, 0.3) is 11.6 Å². The van der Waals surface area contributed by atoms with Gasteiger partial charge in [0.15, 0.2) is 5.82 Å². The van der Waals surface area contributed by atoms with Crippen molar-refractivity contribution in [2.24, 2.45) is 0 Å². The molecule has 0 unspecified atom stereocenters. The summed E-state index contributed by atoms with van der Waals surface area (Å²) >= 11 is 0. The molecule has 0 bridgehead atoms. The first-order valence-electron chi connectivity index (χ1n) is 9.63. The number of carbonyl (C=O) groups excluding carboxylic acids is 1. The summed E-state index contributed by atoms with van der Waals surface area (Å²) in [6.07, 6.45) is 3.17. The van der Waals surface area contributed by atoms with Gasteiger partial charge in [-0.25, -0.2) is 18.4 Å². The molecule has 32 heavy (non-hydrogen) atoms.